The minimum Gasteiger partial charge on any atom is -0.618 e. The molecular weight excluding hydrogens is 230 g/mol. The van der Waals surface area contributed by atoms with Crippen LogP contribution in [0.5, 0.6) is 0 Å². The van der Waals surface area contributed by atoms with Crippen molar-refractivity contribution >= 4 is 17.9 Å². The van der Waals surface area contributed by atoms with E-state index >= 15 is 0 Å². The third kappa shape index (κ3) is 2.74. The molecule has 0 aliphatic heterocycles. The van der Waals surface area contributed by atoms with Crippen molar-refractivity contribution in [3.05, 3.63) is 70.9 Å². The van der Waals surface area contributed by atoms with E-state index in [0.29, 0.717) is 11.3 Å². The lowest BCUT2D eigenvalue weighted by Gasteiger charge is -2.02. The molecule has 1 N–H and O–H groups in total. The van der Waals surface area contributed by atoms with Gasteiger partial charge in [0.1, 0.15) is 0 Å². The highest BCUT2D eigenvalue weighted by atomic mass is 16.5. The molecule has 0 aliphatic rings. The molecule has 0 aliphatic carbocycles. The number of aromatic carboxylic acids is 1. The minimum absolute atomic E-state index is 0.198. The number of hydrogen-bond acceptors (Lipinski definition) is 2. The number of carboxylic acids is 1. The van der Waals surface area contributed by atoms with E-state index in [4.69, 9.17) is 5.11 Å². The molecule has 18 heavy (non-hydrogen) atoms. The zero-order valence-corrected chi connectivity index (χ0v) is 9.48. The summed E-state index contributed by atoms with van der Waals surface area (Å²) in [5, 5.41) is 20.5. The molecule has 4 nitrogen and oxygen atoms in total. The van der Waals surface area contributed by atoms with Gasteiger partial charge in [-0.15, -0.1) is 0 Å². The molecule has 0 amide bonds. The number of carbonyl (C=O) groups is 1. The third-order valence-corrected chi connectivity index (χ3v) is 2.43. The summed E-state index contributed by atoms with van der Waals surface area (Å²) >= 11 is 0. The Morgan fingerprint density at radius 2 is 1.67 bits per heavy atom. The van der Waals surface area contributed by atoms with Crippen LogP contribution >= 0.6 is 0 Å². The van der Waals surface area contributed by atoms with Crippen molar-refractivity contribution < 1.29 is 14.6 Å². The summed E-state index contributed by atoms with van der Waals surface area (Å²) in [5.74, 6) is -0.983. The largest absolute Gasteiger partial charge is 0.618 e. The van der Waals surface area contributed by atoms with Crippen LogP contribution in [0.15, 0.2) is 54.6 Å². The van der Waals surface area contributed by atoms with Crippen LogP contribution in [0.25, 0.3) is 0 Å². The molecule has 2 aromatic carbocycles. The van der Waals surface area contributed by atoms with Gasteiger partial charge in [-0.05, 0) is 24.3 Å². The highest BCUT2D eigenvalue weighted by Crippen LogP contribution is 2.09. The van der Waals surface area contributed by atoms with Gasteiger partial charge < -0.3 is 10.3 Å². The van der Waals surface area contributed by atoms with Gasteiger partial charge in [-0.2, -0.15) is 4.74 Å². The Kier molecular flexibility index (Phi) is 3.38. The monoisotopic (exact) mass is 241 g/mol. The van der Waals surface area contributed by atoms with E-state index in [0.717, 1.165) is 4.74 Å². The lowest BCUT2D eigenvalue weighted by atomic mass is 10.1. The molecule has 0 aromatic heterocycles. The molecule has 0 radical (unpaired) electrons. The average Bonchev–Trinajstić information content (AvgIpc) is 2.40. The average molecular weight is 241 g/mol. The molecule has 0 unspecified atom stereocenters. The molecule has 4 heteroatoms. The number of hydrogen-bond donors (Lipinski definition) is 1. The van der Waals surface area contributed by atoms with Gasteiger partial charge in [-0.1, -0.05) is 18.2 Å². The van der Waals surface area contributed by atoms with Crippen molar-refractivity contribution in [2.24, 2.45) is 0 Å². The van der Waals surface area contributed by atoms with E-state index in [1.165, 1.54) is 18.3 Å². The zero-order valence-electron chi connectivity index (χ0n) is 9.48. The maximum Gasteiger partial charge on any atom is 0.335 e. The Balaban J connectivity index is 2.25. The second-order valence-corrected chi connectivity index (χ2v) is 3.72. The normalized spacial score (nSPS) is 11.2. The van der Waals surface area contributed by atoms with Crippen LogP contribution in [0.2, 0.25) is 0 Å². The maximum atomic E-state index is 11.8. The molecule has 0 spiro atoms. The molecule has 2 rings (SSSR count). The minimum atomic E-state index is -0.983. The Hall–Kier alpha value is -2.62. The summed E-state index contributed by atoms with van der Waals surface area (Å²) in [6, 6.07) is 14.9. The summed E-state index contributed by atoms with van der Waals surface area (Å²) in [5.41, 5.74) is 1.38. The molecule has 0 saturated heterocycles. The summed E-state index contributed by atoms with van der Waals surface area (Å²) in [6.07, 6.45) is 1.40. The molecule has 0 bridgehead atoms. The Labute approximate surface area is 104 Å². The van der Waals surface area contributed by atoms with Crippen LogP contribution in [0.4, 0.5) is 5.69 Å². The van der Waals surface area contributed by atoms with Gasteiger partial charge in [0.15, 0.2) is 6.21 Å². The second-order valence-electron chi connectivity index (χ2n) is 3.72. The van der Waals surface area contributed by atoms with Crippen LogP contribution < -0.4 is 0 Å². The summed E-state index contributed by atoms with van der Waals surface area (Å²) in [4.78, 5) is 10.7. The lowest BCUT2D eigenvalue weighted by Crippen LogP contribution is -2.00. The van der Waals surface area contributed by atoms with Gasteiger partial charge in [-0.3, -0.25) is 0 Å². The Morgan fingerprint density at radius 3 is 2.22 bits per heavy atom. The van der Waals surface area contributed by atoms with E-state index in [1.54, 1.807) is 36.4 Å². The quantitative estimate of drug-likeness (QED) is 0.389. The third-order valence-electron chi connectivity index (χ3n) is 2.43. The van der Waals surface area contributed by atoms with Gasteiger partial charge in [0, 0.05) is 17.7 Å². The fourth-order valence-corrected chi connectivity index (χ4v) is 1.50. The van der Waals surface area contributed by atoms with E-state index in [-0.39, 0.29) is 5.56 Å². The highest BCUT2D eigenvalue weighted by Gasteiger charge is 2.03. The zero-order chi connectivity index (χ0) is 13.0. The topological polar surface area (TPSA) is 63.4 Å². The van der Waals surface area contributed by atoms with Crippen molar-refractivity contribution in [3.8, 4) is 0 Å². The van der Waals surface area contributed by atoms with Crippen LogP contribution in [0.3, 0.4) is 0 Å². The standard InChI is InChI=1S/C14H11NO3/c16-14(17)12-8-6-11(7-9-12)10-15(18)13-4-2-1-3-5-13/h1-10H,(H,16,17). The molecule has 0 atom stereocenters. The van der Waals surface area contributed by atoms with Crippen molar-refractivity contribution in [2.45, 2.75) is 0 Å². The highest BCUT2D eigenvalue weighted by molar-refractivity contribution is 5.88. The van der Waals surface area contributed by atoms with Gasteiger partial charge in [0.25, 0.3) is 0 Å². The van der Waals surface area contributed by atoms with Gasteiger partial charge in [0.2, 0.25) is 5.69 Å². The van der Waals surface area contributed by atoms with Gasteiger partial charge >= 0.3 is 5.97 Å². The van der Waals surface area contributed by atoms with E-state index in [9.17, 15) is 10.0 Å². The second kappa shape index (κ2) is 5.14. The van der Waals surface area contributed by atoms with Crippen molar-refractivity contribution in [3.63, 3.8) is 0 Å². The first kappa shape index (κ1) is 11.9. The van der Waals surface area contributed by atoms with Crippen molar-refractivity contribution in [1.82, 2.24) is 0 Å². The number of para-hydroxylation sites is 1. The maximum absolute atomic E-state index is 11.8. The van der Waals surface area contributed by atoms with Gasteiger partial charge in [-0.25, -0.2) is 4.79 Å². The molecule has 0 fully saturated rings. The molecule has 90 valence electrons. The smallest absolute Gasteiger partial charge is 0.335 e. The van der Waals surface area contributed by atoms with Gasteiger partial charge in [0.05, 0.1) is 5.56 Å². The van der Waals surface area contributed by atoms with E-state index < -0.39 is 5.97 Å². The molecule has 0 heterocycles. The van der Waals surface area contributed by atoms with Crippen LogP contribution in [-0.2, 0) is 0 Å². The predicted molar refractivity (Wildman–Crippen MR) is 68.3 cm³/mol. The summed E-state index contributed by atoms with van der Waals surface area (Å²) in [6.45, 7) is 0. The number of nitrogens with zero attached hydrogens (tertiary/aromatic N) is 1. The van der Waals surface area contributed by atoms with Crippen LogP contribution in [-0.4, -0.2) is 22.0 Å². The first-order valence-electron chi connectivity index (χ1n) is 5.36. The SMILES string of the molecule is O=C(O)c1ccc(C=[N+]([O-])c2ccccc2)cc1. The lowest BCUT2D eigenvalue weighted by molar-refractivity contribution is -0.354. The molecule has 2 aromatic rings. The number of rotatable bonds is 3. The first-order chi connectivity index (χ1) is 8.66. The number of carboxylic acid groups (broad SMARTS) is 1. The number of benzene rings is 2. The Bertz CT molecular complexity index is 574. The van der Waals surface area contributed by atoms with Crippen LogP contribution in [0, 0.1) is 5.21 Å². The summed E-state index contributed by atoms with van der Waals surface area (Å²) in [7, 11) is 0. The fourth-order valence-electron chi connectivity index (χ4n) is 1.50. The van der Waals surface area contributed by atoms with Crippen molar-refractivity contribution in [2.75, 3.05) is 0 Å². The predicted octanol–water partition coefficient (Wildman–Crippen LogP) is 2.65. The Morgan fingerprint density at radius 1 is 1.06 bits per heavy atom. The van der Waals surface area contributed by atoms with Crippen LogP contribution in [0.1, 0.15) is 15.9 Å². The molecule has 0 saturated carbocycles. The summed E-state index contributed by atoms with van der Waals surface area (Å²) < 4.78 is 0.746. The fraction of sp³-hybridized carbons (Fsp3) is 0. The van der Waals surface area contributed by atoms with Crippen molar-refractivity contribution in [1.29, 1.82) is 0 Å². The van der Waals surface area contributed by atoms with E-state index in [2.05, 4.69) is 0 Å². The van der Waals surface area contributed by atoms with E-state index in [1.807, 2.05) is 6.07 Å². The first-order valence-corrected chi connectivity index (χ1v) is 5.36. The molecular formula is C14H11NO3.